The minimum absolute atomic E-state index is 0.215. The first-order valence-corrected chi connectivity index (χ1v) is 4.24. The van der Waals surface area contributed by atoms with E-state index in [-0.39, 0.29) is 6.10 Å². The molecule has 1 atom stereocenters. The van der Waals surface area contributed by atoms with Gasteiger partial charge in [0.1, 0.15) is 0 Å². The zero-order chi connectivity index (χ0) is 10.9. The van der Waals surface area contributed by atoms with Crippen molar-refractivity contribution in [3.05, 3.63) is 0 Å². The van der Waals surface area contributed by atoms with Crippen LogP contribution in [0.25, 0.3) is 0 Å². The molecule has 4 heteroatoms. The number of aliphatic carboxylic acids is 1. The van der Waals surface area contributed by atoms with Crippen molar-refractivity contribution >= 4 is 5.97 Å². The van der Waals surface area contributed by atoms with Crippen LogP contribution in [0.4, 0.5) is 0 Å². The van der Waals surface area contributed by atoms with Crippen molar-refractivity contribution in [2.75, 3.05) is 13.7 Å². The summed E-state index contributed by atoms with van der Waals surface area (Å²) in [6, 6.07) is 0. The average molecular weight is 192 g/mol. The summed E-state index contributed by atoms with van der Waals surface area (Å²) in [6.45, 7) is 7.79. The van der Waals surface area contributed by atoms with Crippen LogP contribution in [-0.4, -0.2) is 37.0 Å². The Kier molecular flexibility index (Phi) is 10.9. The molecule has 0 aromatic rings. The Bertz CT molecular complexity index is 119. The van der Waals surface area contributed by atoms with E-state index in [0.29, 0.717) is 12.7 Å². The quantitative estimate of drug-likeness (QED) is 0.734. The van der Waals surface area contributed by atoms with Gasteiger partial charge in [-0.25, -0.2) is 0 Å². The summed E-state index contributed by atoms with van der Waals surface area (Å²) in [5.74, 6) is -0.833. The summed E-state index contributed by atoms with van der Waals surface area (Å²) in [6.07, 6.45) is 0.523. The predicted molar refractivity (Wildman–Crippen MR) is 50.9 cm³/mol. The second-order valence-corrected chi connectivity index (χ2v) is 2.95. The fourth-order valence-corrected chi connectivity index (χ4v) is 0.396. The molecular formula is C9H20O4. The van der Waals surface area contributed by atoms with E-state index in [2.05, 4.69) is 0 Å². The summed E-state index contributed by atoms with van der Waals surface area (Å²) in [7, 11) is 1.69. The topological polar surface area (TPSA) is 55.8 Å². The summed E-state index contributed by atoms with van der Waals surface area (Å²) >= 11 is 0. The highest BCUT2D eigenvalue weighted by atomic mass is 16.5. The maximum atomic E-state index is 9.00. The molecule has 1 unspecified atom stereocenters. The second-order valence-electron chi connectivity index (χ2n) is 2.95. The lowest BCUT2D eigenvalue weighted by molar-refractivity contribution is -0.134. The van der Waals surface area contributed by atoms with E-state index in [9.17, 15) is 0 Å². The fourth-order valence-electron chi connectivity index (χ4n) is 0.396. The minimum Gasteiger partial charge on any atom is -0.481 e. The summed E-state index contributed by atoms with van der Waals surface area (Å²) in [5, 5.41) is 7.42. The summed E-state index contributed by atoms with van der Waals surface area (Å²) < 4.78 is 10.2. The van der Waals surface area contributed by atoms with Gasteiger partial charge in [0.25, 0.3) is 5.97 Å². The Morgan fingerprint density at radius 3 is 2.00 bits per heavy atom. The third-order valence-electron chi connectivity index (χ3n) is 1.07. The number of carboxylic acids is 1. The van der Waals surface area contributed by atoms with E-state index >= 15 is 0 Å². The van der Waals surface area contributed by atoms with E-state index in [1.54, 1.807) is 7.11 Å². The molecule has 4 nitrogen and oxygen atoms in total. The normalized spacial score (nSPS) is 11.8. The molecule has 0 amide bonds. The van der Waals surface area contributed by atoms with Crippen LogP contribution in [0.5, 0.6) is 0 Å². The van der Waals surface area contributed by atoms with Crippen LogP contribution < -0.4 is 0 Å². The van der Waals surface area contributed by atoms with Gasteiger partial charge >= 0.3 is 0 Å². The van der Waals surface area contributed by atoms with Gasteiger partial charge in [0, 0.05) is 14.0 Å². The van der Waals surface area contributed by atoms with Gasteiger partial charge < -0.3 is 14.6 Å². The number of hydrogen-bond donors (Lipinski definition) is 1. The first-order valence-electron chi connectivity index (χ1n) is 4.24. The highest BCUT2D eigenvalue weighted by Gasteiger charge is 1.99. The lowest BCUT2D eigenvalue weighted by Crippen LogP contribution is -2.16. The number of rotatable bonds is 4. The van der Waals surface area contributed by atoms with E-state index in [1.807, 2.05) is 20.8 Å². The molecular weight excluding hydrogens is 172 g/mol. The Morgan fingerprint density at radius 2 is 1.77 bits per heavy atom. The molecule has 0 aliphatic rings. The zero-order valence-electron chi connectivity index (χ0n) is 9.03. The lowest BCUT2D eigenvalue weighted by Gasteiger charge is -2.11. The smallest absolute Gasteiger partial charge is 0.300 e. The number of carboxylic acid groups (broad SMARTS) is 1. The van der Waals surface area contributed by atoms with Crippen LogP contribution in [0.3, 0.4) is 0 Å². The van der Waals surface area contributed by atoms with Crippen LogP contribution in [0, 0.1) is 0 Å². The highest BCUT2D eigenvalue weighted by molar-refractivity contribution is 5.62. The van der Waals surface area contributed by atoms with Crippen molar-refractivity contribution in [1.82, 2.24) is 0 Å². The number of hydrogen-bond acceptors (Lipinski definition) is 3. The third-order valence-corrected chi connectivity index (χ3v) is 1.07. The standard InChI is InChI=1S/C7H16O2.C2H4O2/c1-6(2)9-5-7(3)8-4;1-2(3)4/h6-7H,5H2,1-4H3;1H3,(H,3,4). The zero-order valence-corrected chi connectivity index (χ0v) is 9.03. The molecule has 0 aromatic carbocycles. The summed E-state index contributed by atoms with van der Waals surface area (Å²) in [4.78, 5) is 9.00. The molecule has 0 heterocycles. The van der Waals surface area contributed by atoms with Crippen molar-refractivity contribution in [2.45, 2.75) is 39.9 Å². The van der Waals surface area contributed by atoms with Crippen molar-refractivity contribution in [2.24, 2.45) is 0 Å². The molecule has 0 aliphatic heterocycles. The predicted octanol–water partition coefficient (Wildman–Crippen LogP) is 1.54. The van der Waals surface area contributed by atoms with Crippen LogP contribution in [-0.2, 0) is 14.3 Å². The van der Waals surface area contributed by atoms with Crippen LogP contribution >= 0.6 is 0 Å². The van der Waals surface area contributed by atoms with E-state index in [1.165, 1.54) is 0 Å². The monoisotopic (exact) mass is 192 g/mol. The lowest BCUT2D eigenvalue weighted by atomic mass is 10.4. The Labute approximate surface area is 79.8 Å². The van der Waals surface area contributed by atoms with Gasteiger partial charge in [-0.2, -0.15) is 0 Å². The molecule has 13 heavy (non-hydrogen) atoms. The summed E-state index contributed by atoms with van der Waals surface area (Å²) in [5.41, 5.74) is 0. The highest BCUT2D eigenvalue weighted by Crippen LogP contribution is 1.92. The Hall–Kier alpha value is -0.610. The molecule has 0 spiro atoms. The first kappa shape index (κ1) is 14.9. The van der Waals surface area contributed by atoms with E-state index in [4.69, 9.17) is 19.4 Å². The first-order chi connectivity index (χ1) is 5.90. The molecule has 0 radical (unpaired) electrons. The van der Waals surface area contributed by atoms with Crippen molar-refractivity contribution in [3.63, 3.8) is 0 Å². The largest absolute Gasteiger partial charge is 0.481 e. The number of ether oxygens (including phenoxy) is 2. The molecule has 0 saturated carbocycles. The maximum Gasteiger partial charge on any atom is 0.300 e. The van der Waals surface area contributed by atoms with E-state index in [0.717, 1.165) is 6.92 Å². The van der Waals surface area contributed by atoms with Gasteiger partial charge in [-0.1, -0.05) is 0 Å². The van der Waals surface area contributed by atoms with Gasteiger partial charge in [-0.15, -0.1) is 0 Å². The Morgan fingerprint density at radius 1 is 1.38 bits per heavy atom. The average Bonchev–Trinajstić information content (AvgIpc) is 1.99. The number of carbonyl (C=O) groups is 1. The van der Waals surface area contributed by atoms with E-state index < -0.39 is 5.97 Å². The minimum atomic E-state index is -0.833. The molecule has 0 aliphatic carbocycles. The van der Waals surface area contributed by atoms with Crippen molar-refractivity contribution < 1.29 is 19.4 Å². The molecule has 1 N–H and O–H groups in total. The molecule has 0 aromatic heterocycles. The SMILES string of the molecule is CC(=O)O.COC(C)COC(C)C. The molecule has 80 valence electrons. The van der Waals surface area contributed by atoms with Gasteiger partial charge in [-0.3, -0.25) is 4.79 Å². The number of methoxy groups -OCH3 is 1. The van der Waals surface area contributed by atoms with Crippen LogP contribution in [0.2, 0.25) is 0 Å². The van der Waals surface area contributed by atoms with Gasteiger partial charge in [0.2, 0.25) is 0 Å². The van der Waals surface area contributed by atoms with Crippen molar-refractivity contribution in [3.8, 4) is 0 Å². The molecule has 0 rings (SSSR count). The molecule has 0 bridgehead atoms. The van der Waals surface area contributed by atoms with Gasteiger partial charge in [0.05, 0.1) is 18.8 Å². The maximum absolute atomic E-state index is 9.00. The fraction of sp³-hybridized carbons (Fsp3) is 0.889. The van der Waals surface area contributed by atoms with Crippen LogP contribution in [0.15, 0.2) is 0 Å². The van der Waals surface area contributed by atoms with Crippen LogP contribution in [0.1, 0.15) is 27.7 Å². The molecule has 0 fully saturated rings. The second kappa shape index (κ2) is 9.48. The van der Waals surface area contributed by atoms with Crippen molar-refractivity contribution in [1.29, 1.82) is 0 Å². The molecule has 0 saturated heterocycles. The van der Waals surface area contributed by atoms with Gasteiger partial charge in [-0.05, 0) is 20.8 Å². The van der Waals surface area contributed by atoms with Gasteiger partial charge in [0.15, 0.2) is 0 Å². The third kappa shape index (κ3) is 24.6. The Balaban J connectivity index is 0.